The number of sulfone groups is 1. The van der Waals surface area contributed by atoms with Crippen molar-refractivity contribution < 1.29 is 18.0 Å². The van der Waals surface area contributed by atoms with Crippen LogP contribution in [0.5, 0.6) is 0 Å². The number of nitrogens with one attached hydrogen (secondary N) is 2. The monoisotopic (exact) mass is 439 g/mol. The number of pyridine rings is 1. The number of amides is 2. The summed E-state index contributed by atoms with van der Waals surface area (Å²) in [6, 6.07) is 11.0. The third kappa shape index (κ3) is 4.33. The van der Waals surface area contributed by atoms with Crippen LogP contribution in [0, 0.1) is 13.8 Å². The molecule has 10 heteroatoms. The molecule has 2 aromatic heterocycles. The van der Waals surface area contributed by atoms with Crippen LogP contribution in [0.25, 0.3) is 5.69 Å². The van der Waals surface area contributed by atoms with E-state index < -0.39 is 21.7 Å². The van der Waals surface area contributed by atoms with Gasteiger partial charge in [0.05, 0.1) is 35.1 Å². The first kappa shape index (κ1) is 20.7. The fourth-order valence-electron chi connectivity index (χ4n) is 3.51. The number of hydrogen-bond donors (Lipinski definition) is 2. The molecule has 0 unspecified atom stereocenters. The van der Waals surface area contributed by atoms with Crippen LogP contribution in [0.1, 0.15) is 28.1 Å². The number of benzene rings is 1. The zero-order valence-corrected chi connectivity index (χ0v) is 17.9. The number of fused-ring (bicyclic) bond motifs is 1. The van der Waals surface area contributed by atoms with E-state index in [0.29, 0.717) is 22.6 Å². The van der Waals surface area contributed by atoms with Crippen molar-refractivity contribution in [3.63, 3.8) is 0 Å². The van der Waals surface area contributed by atoms with Crippen molar-refractivity contribution in [1.29, 1.82) is 0 Å². The lowest BCUT2D eigenvalue weighted by molar-refractivity contribution is -0.136. The van der Waals surface area contributed by atoms with E-state index in [1.807, 2.05) is 32.0 Å². The van der Waals surface area contributed by atoms with Gasteiger partial charge in [-0.1, -0.05) is 23.8 Å². The Morgan fingerprint density at radius 3 is 2.61 bits per heavy atom. The summed E-state index contributed by atoms with van der Waals surface area (Å²) in [4.78, 5) is 29.0. The van der Waals surface area contributed by atoms with Gasteiger partial charge in [-0.25, -0.2) is 13.1 Å². The first-order valence-electron chi connectivity index (χ1n) is 9.61. The standard InChI is InChI=1S/C21H21N5O4S/c1-13-6-7-18(14(2)9-13)26-19(16-11-31(29,30)12-17(16)25-26)24-21(28)20(27)23-10-15-5-3-4-8-22-15/h3-9H,10-12H2,1-2H3,(H,23,27)(H,24,28). The highest BCUT2D eigenvalue weighted by Crippen LogP contribution is 2.33. The Hall–Kier alpha value is -3.53. The molecule has 2 N–H and O–H groups in total. The Morgan fingerprint density at radius 2 is 1.90 bits per heavy atom. The normalized spacial score (nSPS) is 14.1. The van der Waals surface area contributed by atoms with Crippen molar-refractivity contribution in [3.05, 3.63) is 70.7 Å². The largest absolute Gasteiger partial charge is 0.342 e. The third-order valence-corrected chi connectivity index (χ3v) is 6.40. The molecule has 1 aromatic carbocycles. The summed E-state index contributed by atoms with van der Waals surface area (Å²) in [6.07, 6.45) is 1.59. The van der Waals surface area contributed by atoms with Gasteiger partial charge in [0.1, 0.15) is 5.82 Å². The van der Waals surface area contributed by atoms with Crippen molar-refractivity contribution in [1.82, 2.24) is 20.1 Å². The summed E-state index contributed by atoms with van der Waals surface area (Å²) in [5, 5.41) is 9.52. The molecule has 0 atom stereocenters. The SMILES string of the molecule is Cc1ccc(-n2nc3c(c2NC(=O)C(=O)NCc2ccccn2)CS(=O)(=O)C3)c(C)c1. The average molecular weight is 439 g/mol. The van der Waals surface area contributed by atoms with Gasteiger partial charge in [0.15, 0.2) is 9.84 Å². The van der Waals surface area contributed by atoms with E-state index >= 15 is 0 Å². The van der Waals surface area contributed by atoms with Gasteiger partial charge in [-0.15, -0.1) is 0 Å². The number of rotatable bonds is 4. The van der Waals surface area contributed by atoms with Gasteiger partial charge in [0, 0.05) is 11.8 Å². The molecule has 0 bridgehead atoms. The third-order valence-electron chi connectivity index (χ3n) is 4.96. The molecule has 0 spiro atoms. The number of carbonyl (C=O) groups is 2. The van der Waals surface area contributed by atoms with Crippen LogP contribution in [0.4, 0.5) is 5.82 Å². The Morgan fingerprint density at radius 1 is 1.10 bits per heavy atom. The Labute approximate surface area is 179 Å². The molecule has 0 saturated carbocycles. The molecule has 3 heterocycles. The summed E-state index contributed by atoms with van der Waals surface area (Å²) in [5.74, 6) is -2.00. The molecule has 0 aliphatic carbocycles. The van der Waals surface area contributed by atoms with Crippen LogP contribution >= 0.6 is 0 Å². The molecule has 0 radical (unpaired) electrons. The smallest absolute Gasteiger partial charge is 0.314 e. The van der Waals surface area contributed by atoms with Crippen molar-refractivity contribution in [2.75, 3.05) is 5.32 Å². The van der Waals surface area contributed by atoms with Crippen molar-refractivity contribution in [2.24, 2.45) is 0 Å². The van der Waals surface area contributed by atoms with Gasteiger partial charge >= 0.3 is 11.8 Å². The minimum absolute atomic E-state index is 0.0932. The molecular formula is C21H21N5O4S. The molecule has 2 amide bonds. The highest BCUT2D eigenvalue weighted by molar-refractivity contribution is 7.90. The maximum atomic E-state index is 12.6. The summed E-state index contributed by atoms with van der Waals surface area (Å²) in [7, 11) is -3.34. The topological polar surface area (TPSA) is 123 Å². The summed E-state index contributed by atoms with van der Waals surface area (Å²) >= 11 is 0. The lowest BCUT2D eigenvalue weighted by Crippen LogP contribution is -2.35. The first-order valence-corrected chi connectivity index (χ1v) is 11.4. The van der Waals surface area contributed by atoms with Gasteiger partial charge in [0.25, 0.3) is 0 Å². The number of aromatic nitrogens is 3. The van der Waals surface area contributed by atoms with Crippen LogP contribution in [0.3, 0.4) is 0 Å². The van der Waals surface area contributed by atoms with E-state index in [1.54, 1.807) is 24.4 Å². The van der Waals surface area contributed by atoms with Gasteiger partial charge in [-0.2, -0.15) is 5.10 Å². The second-order valence-electron chi connectivity index (χ2n) is 7.47. The highest BCUT2D eigenvalue weighted by atomic mass is 32.2. The van der Waals surface area contributed by atoms with Crippen LogP contribution in [0.2, 0.25) is 0 Å². The van der Waals surface area contributed by atoms with E-state index in [9.17, 15) is 18.0 Å². The molecule has 160 valence electrons. The van der Waals surface area contributed by atoms with E-state index in [2.05, 4.69) is 20.7 Å². The van der Waals surface area contributed by atoms with E-state index in [1.165, 1.54) is 4.68 Å². The summed E-state index contributed by atoms with van der Waals surface area (Å²) < 4.78 is 25.7. The Balaban J connectivity index is 1.62. The van der Waals surface area contributed by atoms with Gasteiger partial charge in [-0.05, 0) is 37.6 Å². The zero-order chi connectivity index (χ0) is 22.2. The number of hydrogen-bond acceptors (Lipinski definition) is 6. The number of aryl methyl sites for hydroxylation is 2. The molecular weight excluding hydrogens is 418 g/mol. The van der Waals surface area contributed by atoms with Gasteiger partial charge < -0.3 is 10.6 Å². The minimum atomic E-state index is -3.34. The second kappa shape index (κ2) is 7.95. The van der Waals surface area contributed by atoms with Crippen LogP contribution in [-0.4, -0.2) is 35.0 Å². The average Bonchev–Trinajstić information content (AvgIpc) is 3.19. The van der Waals surface area contributed by atoms with E-state index in [4.69, 9.17) is 0 Å². The molecule has 1 aliphatic heterocycles. The maximum Gasteiger partial charge on any atom is 0.314 e. The van der Waals surface area contributed by atoms with Crippen LogP contribution in [-0.2, 0) is 37.5 Å². The van der Waals surface area contributed by atoms with Gasteiger partial charge in [0.2, 0.25) is 0 Å². The molecule has 3 aromatic rings. The lowest BCUT2D eigenvalue weighted by Gasteiger charge is -2.13. The molecule has 0 saturated heterocycles. The lowest BCUT2D eigenvalue weighted by atomic mass is 10.1. The zero-order valence-electron chi connectivity index (χ0n) is 17.0. The molecule has 9 nitrogen and oxygen atoms in total. The second-order valence-corrected chi connectivity index (χ2v) is 9.53. The Bertz CT molecular complexity index is 1280. The maximum absolute atomic E-state index is 12.6. The summed E-state index contributed by atoms with van der Waals surface area (Å²) in [5.41, 5.74) is 4.05. The molecule has 31 heavy (non-hydrogen) atoms. The predicted octanol–water partition coefficient (Wildman–Crippen LogP) is 1.57. The fraction of sp³-hybridized carbons (Fsp3) is 0.238. The Kier molecular flexibility index (Phi) is 5.32. The first-order chi connectivity index (χ1) is 14.7. The predicted molar refractivity (Wildman–Crippen MR) is 114 cm³/mol. The van der Waals surface area contributed by atoms with Crippen LogP contribution < -0.4 is 10.6 Å². The quantitative estimate of drug-likeness (QED) is 0.595. The number of carbonyl (C=O) groups excluding carboxylic acids is 2. The highest BCUT2D eigenvalue weighted by Gasteiger charge is 2.34. The van der Waals surface area contributed by atoms with Crippen molar-refractivity contribution in [3.8, 4) is 5.69 Å². The number of nitrogens with zero attached hydrogens (tertiary/aromatic N) is 3. The van der Waals surface area contributed by atoms with E-state index in [-0.39, 0.29) is 23.9 Å². The van der Waals surface area contributed by atoms with Gasteiger partial charge in [-0.3, -0.25) is 14.6 Å². The number of anilines is 1. The van der Waals surface area contributed by atoms with E-state index in [0.717, 1.165) is 11.1 Å². The molecule has 4 rings (SSSR count). The molecule has 1 aliphatic rings. The minimum Gasteiger partial charge on any atom is -0.342 e. The van der Waals surface area contributed by atoms with Crippen molar-refractivity contribution in [2.45, 2.75) is 31.9 Å². The summed E-state index contributed by atoms with van der Waals surface area (Å²) in [6.45, 7) is 3.95. The fourth-order valence-corrected chi connectivity index (χ4v) is 5.00. The molecule has 0 fully saturated rings. The van der Waals surface area contributed by atoms with Crippen LogP contribution in [0.15, 0.2) is 42.6 Å². The van der Waals surface area contributed by atoms with Crippen molar-refractivity contribution >= 4 is 27.5 Å².